The third-order valence-corrected chi connectivity index (χ3v) is 5.17. The number of hydrogen-bond donors (Lipinski definition) is 3. The van der Waals surface area contributed by atoms with E-state index in [0.29, 0.717) is 5.56 Å². The summed E-state index contributed by atoms with van der Waals surface area (Å²) >= 11 is 0. The Morgan fingerprint density at radius 3 is 2.21 bits per heavy atom. The molecular formula is C21H21F3N2O3. The van der Waals surface area contributed by atoms with Crippen LogP contribution in [0.2, 0.25) is 0 Å². The highest BCUT2D eigenvalue weighted by molar-refractivity contribution is 6.00. The summed E-state index contributed by atoms with van der Waals surface area (Å²) in [6.07, 6.45) is -4.55. The Kier molecular flexibility index (Phi) is 5.40. The molecule has 2 aromatic carbocycles. The summed E-state index contributed by atoms with van der Waals surface area (Å²) in [5.74, 6) is -2.95. The molecule has 2 aromatic rings. The third kappa shape index (κ3) is 3.85. The number of amides is 2. The molecule has 1 saturated heterocycles. The van der Waals surface area contributed by atoms with Gasteiger partial charge in [0.1, 0.15) is 5.92 Å². The maximum atomic E-state index is 13.9. The maximum Gasteiger partial charge on any atom is 0.437 e. The molecule has 1 fully saturated rings. The van der Waals surface area contributed by atoms with Crippen LogP contribution in [-0.2, 0) is 6.42 Å². The second-order valence-electron chi connectivity index (χ2n) is 7.14. The molecule has 0 radical (unpaired) electrons. The van der Waals surface area contributed by atoms with Gasteiger partial charge in [-0.1, -0.05) is 61.0 Å². The summed E-state index contributed by atoms with van der Waals surface area (Å²) in [5.41, 5.74) is -1.64. The Morgan fingerprint density at radius 1 is 1.10 bits per heavy atom. The largest absolute Gasteiger partial charge is 0.437 e. The SMILES string of the molecule is CCc1ccc([C@@H]2NC(=O)N[C@](O)(C(F)(F)F)[C@H]2C(=O)c2ccc(C)cc2)cc1. The molecule has 3 N–H and O–H groups in total. The third-order valence-electron chi connectivity index (χ3n) is 5.17. The zero-order chi connectivity index (χ0) is 21.4. The fourth-order valence-electron chi connectivity index (χ4n) is 3.47. The highest BCUT2D eigenvalue weighted by Gasteiger charge is 2.66. The van der Waals surface area contributed by atoms with Crippen molar-refractivity contribution in [2.75, 3.05) is 0 Å². The number of hydrogen-bond acceptors (Lipinski definition) is 3. The first-order valence-electron chi connectivity index (χ1n) is 9.14. The van der Waals surface area contributed by atoms with Gasteiger partial charge in [-0.2, -0.15) is 13.2 Å². The van der Waals surface area contributed by atoms with Crippen LogP contribution in [0.5, 0.6) is 0 Å². The van der Waals surface area contributed by atoms with Crippen molar-refractivity contribution in [1.82, 2.24) is 10.6 Å². The summed E-state index contributed by atoms with van der Waals surface area (Å²) in [5, 5.41) is 14.4. The van der Waals surface area contributed by atoms with Gasteiger partial charge >= 0.3 is 12.2 Å². The minimum atomic E-state index is -5.27. The van der Waals surface area contributed by atoms with Gasteiger partial charge in [0.2, 0.25) is 5.72 Å². The number of ketones is 1. The lowest BCUT2D eigenvalue weighted by atomic mass is 9.77. The summed E-state index contributed by atoms with van der Waals surface area (Å²) in [6.45, 7) is 3.70. The fourth-order valence-corrected chi connectivity index (χ4v) is 3.47. The van der Waals surface area contributed by atoms with Gasteiger partial charge in [-0.25, -0.2) is 4.79 Å². The average Bonchev–Trinajstić information content (AvgIpc) is 2.67. The fraction of sp³-hybridized carbons (Fsp3) is 0.333. The Bertz CT molecular complexity index is 910. The van der Waals surface area contributed by atoms with Crippen LogP contribution in [0.15, 0.2) is 48.5 Å². The number of halogens is 3. The van der Waals surface area contributed by atoms with Crippen LogP contribution in [0, 0.1) is 12.8 Å². The number of aryl methyl sites for hydroxylation is 2. The van der Waals surface area contributed by atoms with Gasteiger partial charge in [-0.05, 0) is 24.5 Å². The first kappa shape index (κ1) is 20.9. The Labute approximate surface area is 165 Å². The van der Waals surface area contributed by atoms with Crippen LogP contribution in [0.4, 0.5) is 18.0 Å². The van der Waals surface area contributed by atoms with Crippen molar-refractivity contribution in [1.29, 1.82) is 0 Å². The van der Waals surface area contributed by atoms with Crippen LogP contribution in [0.1, 0.15) is 40.0 Å². The van der Waals surface area contributed by atoms with Crippen molar-refractivity contribution < 1.29 is 27.9 Å². The zero-order valence-electron chi connectivity index (χ0n) is 15.9. The first-order valence-corrected chi connectivity index (χ1v) is 9.14. The molecular weight excluding hydrogens is 385 g/mol. The van der Waals surface area contributed by atoms with Crippen molar-refractivity contribution in [2.45, 2.75) is 38.2 Å². The second-order valence-corrected chi connectivity index (χ2v) is 7.14. The summed E-state index contributed by atoms with van der Waals surface area (Å²) in [4.78, 5) is 25.1. The molecule has 1 aliphatic heterocycles. The number of nitrogens with one attached hydrogen (secondary N) is 2. The number of Topliss-reactive ketones (excluding diaryl/α,β-unsaturated/α-hetero) is 1. The Balaban J connectivity index is 2.13. The number of alkyl halides is 3. The predicted molar refractivity (Wildman–Crippen MR) is 100 cm³/mol. The predicted octanol–water partition coefficient (Wildman–Crippen LogP) is 3.66. The summed E-state index contributed by atoms with van der Waals surface area (Å²) < 4.78 is 41.6. The van der Waals surface area contributed by atoms with Crippen molar-refractivity contribution in [3.05, 3.63) is 70.8 Å². The molecule has 29 heavy (non-hydrogen) atoms. The molecule has 0 aromatic heterocycles. The van der Waals surface area contributed by atoms with E-state index in [2.05, 4.69) is 5.32 Å². The molecule has 0 aliphatic carbocycles. The van der Waals surface area contributed by atoms with Gasteiger partial charge in [0.25, 0.3) is 0 Å². The van der Waals surface area contributed by atoms with E-state index in [1.807, 2.05) is 6.92 Å². The van der Waals surface area contributed by atoms with Crippen LogP contribution in [0.3, 0.4) is 0 Å². The van der Waals surface area contributed by atoms with E-state index in [9.17, 15) is 27.9 Å². The number of carbonyl (C=O) groups excluding carboxylic acids is 2. The van der Waals surface area contributed by atoms with Crippen LogP contribution >= 0.6 is 0 Å². The van der Waals surface area contributed by atoms with E-state index >= 15 is 0 Å². The minimum Gasteiger partial charge on any atom is -0.363 e. The molecule has 1 aliphatic rings. The molecule has 5 nitrogen and oxygen atoms in total. The molecule has 3 rings (SSSR count). The standard InChI is InChI=1S/C21H21F3N2O3/c1-3-13-6-10-14(11-7-13)17-16(18(27)15-8-4-12(2)5-9-15)20(29,21(22,23)24)26-19(28)25-17/h4-11,16-17,29H,3H2,1-2H3,(H2,25,26,28)/t16-,17+,20-/m1/s1. The quantitative estimate of drug-likeness (QED) is 0.678. The van der Waals surface area contributed by atoms with Gasteiger partial charge in [-0.15, -0.1) is 0 Å². The number of rotatable bonds is 4. The molecule has 8 heteroatoms. The van der Waals surface area contributed by atoms with Crippen molar-refractivity contribution in [2.24, 2.45) is 5.92 Å². The highest BCUT2D eigenvalue weighted by atomic mass is 19.4. The van der Waals surface area contributed by atoms with E-state index in [1.165, 1.54) is 17.4 Å². The molecule has 1 heterocycles. The Hall–Kier alpha value is -2.87. The zero-order valence-corrected chi connectivity index (χ0v) is 15.9. The van der Waals surface area contributed by atoms with Crippen LogP contribution in [0.25, 0.3) is 0 Å². The highest BCUT2D eigenvalue weighted by Crippen LogP contribution is 2.44. The van der Waals surface area contributed by atoms with Crippen molar-refractivity contribution >= 4 is 11.8 Å². The van der Waals surface area contributed by atoms with Gasteiger partial charge in [-0.3, -0.25) is 4.79 Å². The molecule has 154 valence electrons. The van der Waals surface area contributed by atoms with E-state index in [0.717, 1.165) is 17.5 Å². The molecule has 0 bridgehead atoms. The van der Waals surface area contributed by atoms with E-state index < -0.39 is 35.7 Å². The van der Waals surface area contributed by atoms with Crippen LogP contribution in [-0.4, -0.2) is 28.8 Å². The lowest BCUT2D eigenvalue weighted by Crippen LogP contribution is -2.72. The first-order chi connectivity index (χ1) is 13.6. The minimum absolute atomic E-state index is 0.0106. The van der Waals surface area contributed by atoms with Gasteiger partial charge in [0.05, 0.1) is 6.04 Å². The molecule has 2 amide bonds. The van der Waals surface area contributed by atoms with Crippen molar-refractivity contribution in [3.63, 3.8) is 0 Å². The molecule has 3 atom stereocenters. The summed E-state index contributed by atoms with van der Waals surface area (Å²) in [6, 6.07) is 9.97. The smallest absolute Gasteiger partial charge is 0.363 e. The molecule has 0 unspecified atom stereocenters. The van der Waals surface area contributed by atoms with Gasteiger partial charge in [0, 0.05) is 5.56 Å². The number of carbonyl (C=O) groups is 2. The topological polar surface area (TPSA) is 78.4 Å². The normalized spacial score (nSPS) is 24.6. The monoisotopic (exact) mass is 406 g/mol. The van der Waals surface area contributed by atoms with E-state index in [4.69, 9.17) is 0 Å². The molecule has 0 saturated carbocycles. The van der Waals surface area contributed by atoms with Gasteiger partial charge in [0.15, 0.2) is 5.78 Å². The Morgan fingerprint density at radius 2 is 1.69 bits per heavy atom. The summed E-state index contributed by atoms with van der Waals surface area (Å²) in [7, 11) is 0. The van der Waals surface area contributed by atoms with Gasteiger partial charge < -0.3 is 15.7 Å². The van der Waals surface area contributed by atoms with E-state index in [-0.39, 0.29) is 5.56 Å². The van der Waals surface area contributed by atoms with Crippen LogP contribution < -0.4 is 10.6 Å². The lowest BCUT2D eigenvalue weighted by Gasteiger charge is -2.45. The average molecular weight is 406 g/mol. The number of aliphatic hydroxyl groups is 1. The van der Waals surface area contributed by atoms with E-state index in [1.54, 1.807) is 43.3 Å². The molecule has 0 spiro atoms. The second kappa shape index (κ2) is 7.51. The maximum absolute atomic E-state index is 13.9. The number of benzene rings is 2. The van der Waals surface area contributed by atoms with Crippen molar-refractivity contribution in [3.8, 4) is 0 Å². The lowest BCUT2D eigenvalue weighted by molar-refractivity contribution is -0.287. The number of urea groups is 1.